The molecule has 8 heteroatoms. The lowest BCUT2D eigenvalue weighted by molar-refractivity contribution is 0.0711. The van der Waals surface area contributed by atoms with Gasteiger partial charge in [-0.05, 0) is 37.1 Å². The molecule has 33 heavy (non-hydrogen) atoms. The summed E-state index contributed by atoms with van der Waals surface area (Å²) in [5.74, 6) is -0.120. The number of nitrogens with zero attached hydrogens (tertiary/aromatic N) is 4. The zero-order valence-corrected chi connectivity index (χ0v) is 19.3. The van der Waals surface area contributed by atoms with Crippen molar-refractivity contribution in [3.8, 4) is 11.1 Å². The standard InChI is InChI=1S/C25H29N5O3/c1-5-7-10-30-15-20(18-8-9-26-23(18)25(30)32)17-13-19(22-21(14-17)29(4)16-27-22)24(31)28(3)11-12-33-6-2/h5,8-9,13-16,26H,1,6-7,10-12H2,2-4H3. The van der Waals surface area contributed by atoms with Crippen molar-refractivity contribution in [2.75, 3.05) is 26.8 Å². The van der Waals surface area contributed by atoms with E-state index in [0.717, 1.165) is 22.0 Å². The normalized spacial score (nSPS) is 11.4. The first-order valence-electron chi connectivity index (χ1n) is 11.1. The van der Waals surface area contributed by atoms with E-state index in [2.05, 4.69) is 16.5 Å². The summed E-state index contributed by atoms with van der Waals surface area (Å²) < 4.78 is 9.01. The zero-order chi connectivity index (χ0) is 23.5. The van der Waals surface area contributed by atoms with E-state index < -0.39 is 0 Å². The summed E-state index contributed by atoms with van der Waals surface area (Å²) in [6, 6.07) is 5.79. The Morgan fingerprint density at radius 3 is 2.94 bits per heavy atom. The van der Waals surface area contributed by atoms with E-state index in [1.165, 1.54) is 0 Å². The Hall–Kier alpha value is -3.65. The van der Waals surface area contributed by atoms with Gasteiger partial charge in [-0.15, -0.1) is 6.58 Å². The number of aromatic nitrogens is 4. The largest absolute Gasteiger partial charge is 0.380 e. The molecule has 1 aromatic carbocycles. The molecular formula is C25H29N5O3. The van der Waals surface area contributed by atoms with Gasteiger partial charge >= 0.3 is 0 Å². The van der Waals surface area contributed by atoms with Crippen LogP contribution in [-0.2, 0) is 18.3 Å². The summed E-state index contributed by atoms with van der Waals surface area (Å²) in [5, 5.41) is 0.819. The first-order chi connectivity index (χ1) is 16.0. The zero-order valence-electron chi connectivity index (χ0n) is 19.3. The number of hydrogen-bond acceptors (Lipinski definition) is 4. The molecule has 0 unspecified atom stereocenters. The maximum absolute atomic E-state index is 13.4. The number of likely N-dealkylation sites (N-methyl/N-ethyl adjacent to an activating group) is 1. The number of rotatable bonds is 9. The Morgan fingerprint density at radius 2 is 2.18 bits per heavy atom. The average Bonchev–Trinajstić information content (AvgIpc) is 3.45. The first kappa shape index (κ1) is 22.5. The summed E-state index contributed by atoms with van der Waals surface area (Å²) in [5.41, 5.74) is 4.22. The van der Waals surface area contributed by atoms with Crippen molar-refractivity contribution in [2.24, 2.45) is 7.05 Å². The van der Waals surface area contributed by atoms with Gasteiger partial charge in [0.1, 0.15) is 11.0 Å². The molecule has 0 aliphatic heterocycles. The van der Waals surface area contributed by atoms with Crippen LogP contribution in [0.1, 0.15) is 23.7 Å². The molecule has 3 aromatic heterocycles. The van der Waals surface area contributed by atoms with Gasteiger partial charge in [-0.25, -0.2) is 4.98 Å². The predicted molar refractivity (Wildman–Crippen MR) is 131 cm³/mol. The van der Waals surface area contributed by atoms with Gasteiger partial charge < -0.3 is 23.8 Å². The predicted octanol–water partition coefficient (Wildman–Crippen LogP) is 3.57. The highest BCUT2D eigenvalue weighted by molar-refractivity contribution is 6.08. The molecule has 0 spiro atoms. The number of carbonyl (C=O) groups is 1. The summed E-state index contributed by atoms with van der Waals surface area (Å²) in [4.78, 5) is 35.5. The Bertz CT molecular complexity index is 1380. The number of nitrogens with one attached hydrogen (secondary N) is 1. The Labute approximate surface area is 192 Å². The average molecular weight is 448 g/mol. The van der Waals surface area contributed by atoms with Gasteiger partial charge in [0.2, 0.25) is 0 Å². The molecule has 172 valence electrons. The lowest BCUT2D eigenvalue weighted by Gasteiger charge is -2.18. The molecule has 0 bridgehead atoms. The fourth-order valence-electron chi connectivity index (χ4n) is 4.03. The van der Waals surface area contributed by atoms with Crippen molar-refractivity contribution in [2.45, 2.75) is 19.9 Å². The molecule has 0 aliphatic rings. The fourth-order valence-corrected chi connectivity index (χ4v) is 4.03. The Morgan fingerprint density at radius 1 is 1.36 bits per heavy atom. The number of carbonyl (C=O) groups excluding carboxylic acids is 1. The molecule has 0 fully saturated rings. The van der Waals surface area contributed by atoms with Crippen molar-refractivity contribution in [3.05, 3.63) is 65.5 Å². The molecule has 0 radical (unpaired) electrons. The molecule has 1 amide bonds. The maximum Gasteiger partial charge on any atom is 0.274 e. The summed E-state index contributed by atoms with van der Waals surface area (Å²) in [7, 11) is 3.67. The third kappa shape index (κ3) is 4.21. The minimum absolute atomic E-state index is 0.0748. The number of H-pyrrole nitrogens is 1. The third-order valence-corrected chi connectivity index (χ3v) is 5.86. The number of benzene rings is 1. The molecule has 0 aliphatic carbocycles. The number of ether oxygens (including phenoxy) is 1. The topological polar surface area (TPSA) is 85.2 Å². The third-order valence-electron chi connectivity index (χ3n) is 5.86. The Balaban J connectivity index is 1.88. The minimum atomic E-state index is -0.120. The van der Waals surface area contributed by atoms with Gasteiger partial charge in [-0.2, -0.15) is 0 Å². The van der Waals surface area contributed by atoms with E-state index in [4.69, 9.17) is 4.74 Å². The van der Waals surface area contributed by atoms with E-state index in [1.54, 1.807) is 35.1 Å². The molecule has 0 saturated carbocycles. The quantitative estimate of drug-likeness (QED) is 0.314. The molecule has 4 aromatic rings. The van der Waals surface area contributed by atoms with Crippen LogP contribution >= 0.6 is 0 Å². The van der Waals surface area contributed by atoms with Crippen molar-refractivity contribution in [3.63, 3.8) is 0 Å². The Kier molecular flexibility index (Phi) is 6.46. The summed E-state index contributed by atoms with van der Waals surface area (Å²) in [6.45, 7) is 7.80. The lowest BCUT2D eigenvalue weighted by atomic mass is 9.99. The van der Waals surface area contributed by atoms with Crippen LogP contribution in [0.25, 0.3) is 33.1 Å². The maximum atomic E-state index is 13.4. The van der Waals surface area contributed by atoms with E-state index in [1.807, 2.05) is 42.9 Å². The van der Waals surface area contributed by atoms with Crippen LogP contribution in [0.2, 0.25) is 0 Å². The SMILES string of the molecule is C=CCCn1cc(-c2cc(C(=O)N(C)CCOCC)c3ncn(C)c3c2)c2cc[nH]c2c1=O. The highest BCUT2D eigenvalue weighted by Crippen LogP contribution is 2.31. The lowest BCUT2D eigenvalue weighted by Crippen LogP contribution is -2.30. The van der Waals surface area contributed by atoms with Crippen LogP contribution in [0.4, 0.5) is 0 Å². The van der Waals surface area contributed by atoms with Gasteiger partial charge in [-0.3, -0.25) is 9.59 Å². The number of amides is 1. The van der Waals surface area contributed by atoms with Gasteiger partial charge in [-0.1, -0.05) is 6.08 Å². The van der Waals surface area contributed by atoms with Crippen molar-refractivity contribution >= 4 is 27.8 Å². The smallest absolute Gasteiger partial charge is 0.274 e. The van der Waals surface area contributed by atoms with E-state index >= 15 is 0 Å². The number of aryl methyl sites for hydroxylation is 2. The van der Waals surface area contributed by atoms with Crippen LogP contribution in [0.3, 0.4) is 0 Å². The second-order valence-electron chi connectivity index (χ2n) is 8.06. The van der Waals surface area contributed by atoms with Crippen molar-refractivity contribution < 1.29 is 9.53 Å². The van der Waals surface area contributed by atoms with Crippen LogP contribution in [0.5, 0.6) is 0 Å². The molecule has 1 N–H and O–H groups in total. The second kappa shape index (κ2) is 9.46. The van der Waals surface area contributed by atoms with Gasteiger partial charge in [0.15, 0.2) is 0 Å². The summed E-state index contributed by atoms with van der Waals surface area (Å²) >= 11 is 0. The van der Waals surface area contributed by atoms with Crippen LogP contribution in [0, 0.1) is 0 Å². The first-order valence-corrected chi connectivity index (χ1v) is 11.1. The van der Waals surface area contributed by atoms with Gasteiger partial charge in [0.05, 0.1) is 24.0 Å². The molecule has 8 nitrogen and oxygen atoms in total. The number of imidazole rings is 1. The van der Waals surface area contributed by atoms with Crippen LogP contribution in [-0.4, -0.2) is 56.7 Å². The highest BCUT2D eigenvalue weighted by atomic mass is 16.5. The van der Waals surface area contributed by atoms with Gasteiger partial charge in [0, 0.05) is 57.1 Å². The number of aromatic amines is 1. The minimum Gasteiger partial charge on any atom is -0.380 e. The molecule has 3 heterocycles. The second-order valence-corrected chi connectivity index (χ2v) is 8.06. The molecular weight excluding hydrogens is 418 g/mol. The van der Waals surface area contributed by atoms with Crippen molar-refractivity contribution in [1.29, 1.82) is 0 Å². The van der Waals surface area contributed by atoms with Crippen molar-refractivity contribution in [1.82, 2.24) is 24.0 Å². The van der Waals surface area contributed by atoms with Gasteiger partial charge in [0.25, 0.3) is 11.5 Å². The molecule has 4 rings (SSSR count). The van der Waals surface area contributed by atoms with E-state index in [0.29, 0.717) is 49.3 Å². The molecule has 0 atom stereocenters. The fraction of sp³-hybridized carbons (Fsp3) is 0.320. The number of pyridine rings is 1. The van der Waals surface area contributed by atoms with E-state index in [9.17, 15) is 9.59 Å². The number of fused-ring (bicyclic) bond motifs is 2. The number of hydrogen-bond donors (Lipinski definition) is 1. The molecule has 0 saturated heterocycles. The summed E-state index contributed by atoms with van der Waals surface area (Å²) in [6.07, 6.45) is 7.82. The number of allylic oxidation sites excluding steroid dienone is 1. The van der Waals surface area contributed by atoms with Crippen LogP contribution < -0.4 is 5.56 Å². The van der Waals surface area contributed by atoms with E-state index in [-0.39, 0.29) is 11.5 Å². The highest BCUT2D eigenvalue weighted by Gasteiger charge is 2.20. The van der Waals surface area contributed by atoms with Crippen LogP contribution in [0.15, 0.2) is 54.4 Å². The monoisotopic (exact) mass is 447 g/mol.